The van der Waals surface area contributed by atoms with E-state index in [1.165, 1.54) is 12.1 Å². The van der Waals surface area contributed by atoms with Crippen molar-refractivity contribution in [2.45, 2.75) is 19.5 Å². The number of hydrogen-bond acceptors (Lipinski definition) is 4. The molecule has 1 aromatic carbocycles. The first-order chi connectivity index (χ1) is 8.93. The lowest BCUT2D eigenvalue weighted by Crippen LogP contribution is -2.08. The van der Waals surface area contributed by atoms with Crippen molar-refractivity contribution in [1.82, 2.24) is 9.59 Å². The molecule has 0 atom stereocenters. The summed E-state index contributed by atoms with van der Waals surface area (Å²) in [6.45, 7) is 1.81. The summed E-state index contributed by atoms with van der Waals surface area (Å²) in [5, 5.41) is 3.78. The first-order valence-corrected chi connectivity index (χ1v) is 6.24. The minimum absolute atomic E-state index is 0.00410. The van der Waals surface area contributed by atoms with Crippen LogP contribution in [0.3, 0.4) is 0 Å². The Bertz CT molecular complexity index is 607. The topological polar surface area (TPSA) is 42.9 Å². The predicted octanol–water partition coefficient (Wildman–Crippen LogP) is 3.35. The van der Waals surface area contributed by atoms with Gasteiger partial charge < -0.3 is 0 Å². The molecule has 2 rings (SSSR count). The van der Waals surface area contributed by atoms with Crippen LogP contribution < -0.4 is 0 Å². The zero-order valence-electron chi connectivity index (χ0n) is 9.86. The van der Waals surface area contributed by atoms with E-state index in [0.29, 0.717) is 17.0 Å². The maximum absolute atomic E-state index is 12.6. The number of nitrogens with zero attached hydrogens (tertiary/aromatic N) is 2. The lowest BCUT2D eigenvalue weighted by atomic mass is 10.0. The molecule has 0 saturated heterocycles. The molecule has 0 radical (unpaired) electrons. The van der Waals surface area contributed by atoms with Crippen LogP contribution in [0.25, 0.3) is 0 Å². The fourth-order valence-corrected chi connectivity index (χ4v) is 2.29. The molecule has 0 aliphatic carbocycles. The van der Waals surface area contributed by atoms with E-state index < -0.39 is 17.5 Å². The first-order valence-electron chi connectivity index (χ1n) is 5.46. The van der Waals surface area contributed by atoms with Crippen molar-refractivity contribution in [2.75, 3.05) is 0 Å². The quantitative estimate of drug-likeness (QED) is 0.813. The first kappa shape index (κ1) is 13.7. The van der Waals surface area contributed by atoms with Gasteiger partial charge >= 0.3 is 6.18 Å². The number of rotatable bonds is 3. The summed E-state index contributed by atoms with van der Waals surface area (Å²) < 4.78 is 41.4. The summed E-state index contributed by atoms with van der Waals surface area (Å²) in [6, 6.07) is 4.36. The third kappa shape index (κ3) is 2.81. The number of aryl methyl sites for hydroxylation is 1. The zero-order chi connectivity index (χ0) is 14.0. The average Bonchev–Trinajstić information content (AvgIpc) is 2.85. The van der Waals surface area contributed by atoms with Crippen LogP contribution in [-0.2, 0) is 12.6 Å². The van der Waals surface area contributed by atoms with Gasteiger partial charge in [-0.05, 0) is 30.1 Å². The van der Waals surface area contributed by atoms with Crippen molar-refractivity contribution in [1.29, 1.82) is 0 Å². The number of hydrogen-bond donors (Lipinski definition) is 0. The summed E-state index contributed by atoms with van der Waals surface area (Å²) in [4.78, 5) is 12.4. The molecule has 0 spiro atoms. The van der Waals surface area contributed by atoms with Crippen molar-refractivity contribution >= 4 is 17.3 Å². The molecule has 1 aromatic heterocycles. The molecule has 100 valence electrons. The van der Waals surface area contributed by atoms with Crippen LogP contribution in [0.15, 0.2) is 24.3 Å². The highest BCUT2D eigenvalue weighted by Gasteiger charge is 2.31. The van der Waals surface area contributed by atoms with Crippen molar-refractivity contribution in [3.63, 3.8) is 0 Å². The second-order valence-electron chi connectivity index (χ2n) is 3.81. The van der Waals surface area contributed by atoms with E-state index in [9.17, 15) is 18.0 Å². The highest BCUT2D eigenvalue weighted by atomic mass is 32.1. The zero-order valence-corrected chi connectivity index (χ0v) is 10.7. The molecule has 0 amide bonds. The van der Waals surface area contributed by atoms with E-state index in [0.717, 1.165) is 23.7 Å². The number of ketones is 1. The monoisotopic (exact) mass is 286 g/mol. The minimum Gasteiger partial charge on any atom is -0.288 e. The van der Waals surface area contributed by atoms with E-state index >= 15 is 0 Å². The molecule has 0 aliphatic rings. The van der Waals surface area contributed by atoms with Crippen molar-refractivity contribution in [3.8, 4) is 0 Å². The number of benzene rings is 1. The van der Waals surface area contributed by atoms with Crippen LogP contribution in [0.2, 0.25) is 0 Å². The number of halogens is 3. The second kappa shape index (κ2) is 5.08. The maximum Gasteiger partial charge on any atom is 0.416 e. The standard InChI is InChI=1S/C12H9F3N2OS/c1-2-9-11(19-17-16-9)10(18)7-4-3-5-8(6-7)12(13,14)15/h3-6H,2H2,1H3. The van der Waals surface area contributed by atoms with E-state index in [-0.39, 0.29) is 5.56 Å². The Balaban J connectivity index is 2.40. The van der Waals surface area contributed by atoms with E-state index in [2.05, 4.69) is 9.59 Å². The number of aromatic nitrogens is 2. The van der Waals surface area contributed by atoms with Gasteiger partial charge in [0.15, 0.2) is 0 Å². The Labute approximate surface area is 111 Å². The second-order valence-corrected chi connectivity index (χ2v) is 4.56. The van der Waals surface area contributed by atoms with Gasteiger partial charge in [0.2, 0.25) is 5.78 Å². The third-order valence-corrected chi connectivity index (χ3v) is 3.32. The molecule has 19 heavy (non-hydrogen) atoms. The molecule has 0 fully saturated rings. The lowest BCUT2D eigenvalue weighted by Gasteiger charge is -2.07. The van der Waals surface area contributed by atoms with Gasteiger partial charge in [0.05, 0.1) is 11.3 Å². The van der Waals surface area contributed by atoms with E-state index in [1.807, 2.05) is 0 Å². The van der Waals surface area contributed by atoms with Gasteiger partial charge in [-0.3, -0.25) is 4.79 Å². The van der Waals surface area contributed by atoms with Gasteiger partial charge in [-0.15, -0.1) is 5.10 Å². The van der Waals surface area contributed by atoms with Crippen LogP contribution >= 0.6 is 11.5 Å². The largest absolute Gasteiger partial charge is 0.416 e. The molecule has 7 heteroatoms. The van der Waals surface area contributed by atoms with Gasteiger partial charge in [-0.2, -0.15) is 13.2 Å². The SMILES string of the molecule is CCc1nnsc1C(=O)c1cccc(C(F)(F)F)c1. The molecule has 0 unspecified atom stereocenters. The van der Waals surface area contributed by atoms with Gasteiger partial charge in [-0.25, -0.2) is 0 Å². The molecule has 3 nitrogen and oxygen atoms in total. The van der Waals surface area contributed by atoms with Gasteiger partial charge in [0, 0.05) is 5.56 Å². The highest BCUT2D eigenvalue weighted by Crippen LogP contribution is 2.30. The summed E-state index contributed by atoms with van der Waals surface area (Å²) in [7, 11) is 0. The minimum atomic E-state index is -4.46. The summed E-state index contributed by atoms with van der Waals surface area (Å²) in [5.41, 5.74) is -0.336. The Hall–Kier alpha value is -1.76. The molecule has 0 saturated carbocycles. The Morgan fingerprint density at radius 2 is 2.11 bits per heavy atom. The highest BCUT2D eigenvalue weighted by molar-refractivity contribution is 7.08. The van der Waals surface area contributed by atoms with Crippen LogP contribution in [0.4, 0.5) is 13.2 Å². The number of carbonyl (C=O) groups excluding carboxylic acids is 1. The van der Waals surface area contributed by atoms with Crippen LogP contribution in [0.1, 0.15) is 33.4 Å². The Morgan fingerprint density at radius 3 is 2.74 bits per heavy atom. The summed E-state index contributed by atoms with van der Waals surface area (Å²) in [5.74, 6) is -0.474. The predicted molar refractivity (Wildman–Crippen MR) is 64.2 cm³/mol. The molecule has 0 bridgehead atoms. The molecule has 0 N–H and O–H groups in total. The van der Waals surface area contributed by atoms with Gasteiger partial charge in [0.25, 0.3) is 0 Å². The lowest BCUT2D eigenvalue weighted by molar-refractivity contribution is -0.137. The van der Waals surface area contributed by atoms with Gasteiger partial charge in [-0.1, -0.05) is 23.5 Å². The van der Waals surface area contributed by atoms with Crippen LogP contribution in [0.5, 0.6) is 0 Å². The van der Waals surface area contributed by atoms with Crippen LogP contribution in [-0.4, -0.2) is 15.4 Å². The molecule has 1 heterocycles. The Kier molecular flexibility index (Phi) is 3.66. The number of carbonyl (C=O) groups is 1. The fraction of sp³-hybridized carbons (Fsp3) is 0.250. The normalized spacial score (nSPS) is 11.6. The molecule has 0 aliphatic heterocycles. The van der Waals surface area contributed by atoms with Gasteiger partial charge in [0.1, 0.15) is 4.88 Å². The Morgan fingerprint density at radius 1 is 1.37 bits per heavy atom. The molecular weight excluding hydrogens is 277 g/mol. The maximum atomic E-state index is 12.6. The fourth-order valence-electron chi connectivity index (χ4n) is 1.58. The van der Waals surface area contributed by atoms with Crippen molar-refractivity contribution in [3.05, 3.63) is 46.0 Å². The van der Waals surface area contributed by atoms with Crippen molar-refractivity contribution in [2.24, 2.45) is 0 Å². The average molecular weight is 286 g/mol. The third-order valence-electron chi connectivity index (χ3n) is 2.55. The molecule has 2 aromatic rings. The summed E-state index contributed by atoms with van der Waals surface area (Å²) in [6.07, 6.45) is -3.95. The van der Waals surface area contributed by atoms with Crippen LogP contribution in [0, 0.1) is 0 Å². The smallest absolute Gasteiger partial charge is 0.288 e. The van der Waals surface area contributed by atoms with E-state index in [1.54, 1.807) is 6.92 Å². The van der Waals surface area contributed by atoms with E-state index in [4.69, 9.17) is 0 Å². The summed E-state index contributed by atoms with van der Waals surface area (Å²) >= 11 is 0.899. The van der Waals surface area contributed by atoms with Crippen molar-refractivity contribution < 1.29 is 18.0 Å². The molecular formula is C12H9F3N2OS. The number of alkyl halides is 3.